The van der Waals surface area contributed by atoms with Crippen molar-refractivity contribution in [1.29, 1.82) is 0 Å². The molecule has 0 bridgehead atoms. The largest absolute Gasteiger partial charge is 0.416 e. The third-order valence-corrected chi connectivity index (χ3v) is 7.15. The molecule has 0 aliphatic carbocycles. The summed E-state index contributed by atoms with van der Waals surface area (Å²) in [6, 6.07) is 0.176. The molecule has 0 heterocycles. The van der Waals surface area contributed by atoms with Crippen molar-refractivity contribution >= 4 is 31.9 Å². The predicted octanol–water partition coefficient (Wildman–Crippen LogP) is 4.17. The van der Waals surface area contributed by atoms with Gasteiger partial charge < -0.3 is 0 Å². The number of carbonyl (C=O) groups excluding carboxylic acids is 2. The average molecular weight is 652 g/mol. The standard InChI is InChI=1S/C11H9F6NO3S.C9H6F5NO3S/c1-18(22(2,20)21)9(19)6-3-7(10(12,13)14)5-8(4-6)11(15,16)17;1-15(19(2,17)18)9(16)3-4(10)6(12)8(14)7(13)5(3)11/h3-5H,1-2H3;1-2H3. The van der Waals surface area contributed by atoms with Gasteiger partial charge in [0.05, 0.1) is 23.6 Å². The van der Waals surface area contributed by atoms with Crippen LogP contribution >= 0.6 is 0 Å². The number of nitrogens with zero attached hydrogens (tertiary/aromatic N) is 2. The third-order valence-electron chi connectivity index (χ3n) is 4.83. The highest BCUT2D eigenvalue weighted by Crippen LogP contribution is 2.36. The first-order valence-corrected chi connectivity index (χ1v) is 13.6. The first kappa shape index (κ1) is 35.5. The Bertz CT molecular complexity index is 1530. The summed E-state index contributed by atoms with van der Waals surface area (Å²) in [5.41, 5.74) is -6.26. The van der Waals surface area contributed by atoms with Gasteiger partial charge in [0.1, 0.15) is 5.56 Å². The lowest BCUT2D eigenvalue weighted by atomic mass is 10.0. The summed E-state index contributed by atoms with van der Waals surface area (Å²) >= 11 is 0. The monoisotopic (exact) mass is 652 g/mol. The minimum Gasteiger partial charge on any atom is -0.268 e. The molecule has 0 aliphatic rings. The molecular weight excluding hydrogens is 637 g/mol. The smallest absolute Gasteiger partial charge is 0.268 e. The van der Waals surface area contributed by atoms with Gasteiger partial charge in [0.25, 0.3) is 11.8 Å². The van der Waals surface area contributed by atoms with Gasteiger partial charge >= 0.3 is 12.4 Å². The predicted molar refractivity (Wildman–Crippen MR) is 117 cm³/mol. The van der Waals surface area contributed by atoms with Crippen molar-refractivity contribution in [3.8, 4) is 0 Å². The molecular formula is C20H15F11N2O6S2. The van der Waals surface area contributed by atoms with Gasteiger partial charge in [-0.1, -0.05) is 0 Å². The molecule has 0 unspecified atom stereocenters. The van der Waals surface area contributed by atoms with Crippen molar-refractivity contribution < 1.29 is 74.7 Å². The SMILES string of the molecule is CN(C(=O)c1c(F)c(F)c(F)c(F)c1F)S(C)(=O)=O.CN(C(=O)c1cc(C(F)(F)F)cc(C(F)(F)F)c1)S(C)(=O)=O. The highest BCUT2D eigenvalue weighted by molar-refractivity contribution is 7.89. The van der Waals surface area contributed by atoms with E-state index in [2.05, 4.69) is 0 Å². The molecule has 0 spiro atoms. The van der Waals surface area contributed by atoms with Crippen LogP contribution in [0.3, 0.4) is 0 Å². The fourth-order valence-electron chi connectivity index (χ4n) is 2.51. The van der Waals surface area contributed by atoms with Crippen LogP contribution in [0, 0.1) is 29.1 Å². The molecule has 0 saturated heterocycles. The first-order chi connectivity index (χ1) is 18.1. The van der Waals surface area contributed by atoms with E-state index >= 15 is 0 Å². The van der Waals surface area contributed by atoms with Crippen LogP contribution in [0.25, 0.3) is 0 Å². The van der Waals surface area contributed by atoms with E-state index in [1.807, 2.05) is 0 Å². The van der Waals surface area contributed by atoms with E-state index in [9.17, 15) is 74.7 Å². The zero-order chi connectivity index (χ0) is 32.6. The number of hydrogen-bond donors (Lipinski definition) is 0. The van der Waals surface area contributed by atoms with E-state index in [4.69, 9.17) is 0 Å². The van der Waals surface area contributed by atoms with Crippen LogP contribution in [0.1, 0.15) is 31.8 Å². The molecule has 8 nitrogen and oxygen atoms in total. The van der Waals surface area contributed by atoms with Crippen molar-refractivity contribution in [2.45, 2.75) is 12.4 Å². The molecule has 0 saturated carbocycles. The van der Waals surface area contributed by atoms with Crippen LogP contribution in [0.2, 0.25) is 0 Å². The van der Waals surface area contributed by atoms with Gasteiger partial charge in [-0.15, -0.1) is 0 Å². The molecule has 0 radical (unpaired) electrons. The number of halogens is 11. The van der Waals surface area contributed by atoms with Crippen LogP contribution < -0.4 is 0 Å². The third kappa shape index (κ3) is 8.27. The molecule has 230 valence electrons. The van der Waals surface area contributed by atoms with Crippen LogP contribution in [0.5, 0.6) is 0 Å². The molecule has 0 N–H and O–H groups in total. The fraction of sp³-hybridized carbons (Fsp3) is 0.300. The normalized spacial score (nSPS) is 12.4. The molecule has 2 aromatic rings. The van der Waals surface area contributed by atoms with Crippen LogP contribution in [0.15, 0.2) is 18.2 Å². The molecule has 21 heteroatoms. The van der Waals surface area contributed by atoms with Gasteiger partial charge in [-0.2, -0.15) is 26.3 Å². The molecule has 41 heavy (non-hydrogen) atoms. The maximum Gasteiger partial charge on any atom is 0.416 e. The quantitative estimate of drug-likeness (QED) is 0.279. The summed E-state index contributed by atoms with van der Waals surface area (Å²) in [5.74, 6) is -15.2. The van der Waals surface area contributed by atoms with E-state index in [1.54, 1.807) is 0 Å². The Morgan fingerprint density at radius 3 is 1.17 bits per heavy atom. The lowest BCUT2D eigenvalue weighted by Gasteiger charge is -2.17. The molecule has 0 aliphatic heterocycles. The summed E-state index contributed by atoms with van der Waals surface area (Å²) in [6.07, 6.45) is -9.14. The molecule has 0 atom stereocenters. The van der Waals surface area contributed by atoms with Gasteiger partial charge in [0.2, 0.25) is 25.9 Å². The van der Waals surface area contributed by atoms with E-state index in [-0.39, 0.29) is 26.8 Å². The number of carbonyl (C=O) groups is 2. The summed E-state index contributed by atoms with van der Waals surface area (Å²) in [7, 11) is -6.99. The molecule has 0 aromatic heterocycles. The average Bonchev–Trinajstić information content (AvgIpc) is 2.82. The van der Waals surface area contributed by atoms with Gasteiger partial charge in [0, 0.05) is 19.7 Å². The Morgan fingerprint density at radius 2 is 0.878 bits per heavy atom. The van der Waals surface area contributed by atoms with Crippen LogP contribution in [0.4, 0.5) is 48.3 Å². The fourth-order valence-corrected chi connectivity index (χ4v) is 3.31. The lowest BCUT2D eigenvalue weighted by molar-refractivity contribution is -0.143. The molecule has 0 fully saturated rings. The number of amides is 2. The van der Waals surface area contributed by atoms with Gasteiger partial charge in [0.15, 0.2) is 23.3 Å². The molecule has 2 aromatic carbocycles. The van der Waals surface area contributed by atoms with E-state index in [0.29, 0.717) is 19.6 Å². The number of hydrogen-bond acceptors (Lipinski definition) is 6. The number of alkyl halides is 6. The van der Waals surface area contributed by atoms with Crippen LogP contribution in [-0.4, -0.2) is 63.9 Å². The van der Waals surface area contributed by atoms with Crippen LogP contribution in [-0.2, 0) is 32.4 Å². The zero-order valence-corrected chi connectivity index (χ0v) is 22.2. The van der Waals surface area contributed by atoms with Crippen molar-refractivity contribution in [2.24, 2.45) is 0 Å². The highest BCUT2D eigenvalue weighted by Gasteiger charge is 2.38. The number of benzene rings is 2. The topological polar surface area (TPSA) is 109 Å². The minimum atomic E-state index is -5.13. The maximum absolute atomic E-state index is 13.2. The summed E-state index contributed by atoms with van der Waals surface area (Å²) in [4.78, 5) is 23.2. The Labute approximate surface area is 224 Å². The summed E-state index contributed by atoms with van der Waals surface area (Å²) in [6.45, 7) is 0. The maximum atomic E-state index is 13.2. The second kappa shape index (κ2) is 11.8. The second-order valence-corrected chi connectivity index (χ2v) is 11.8. The zero-order valence-electron chi connectivity index (χ0n) is 20.6. The Balaban J connectivity index is 0.000000414. The van der Waals surface area contributed by atoms with Crippen molar-refractivity contribution in [3.05, 3.63) is 69.5 Å². The number of sulfonamides is 2. The van der Waals surface area contributed by atoms with Gasteiger partial charge in [-0.05, 0) is 18.2 Å². The Kier molecular flexibility index (Phi) is 10.2. The van der Waals surface area contributed by atoms with Crippen molar-refractivity contribution in [2.75, 3.05) is 26.6 Å². The van der Waals surface area contributed by atoms with Crippen molar-refractivity contribution in [1.82, 2.24) is 8.61 Å². The van der Waals surface area contributed by atoms with E-state index in [1.165, 1.54) is 0 Å². The Morgan fingerprint density at radius 1 is 0.585 bits per heavy atom. The summed E-state index contributed by atoms with van der Waals surface area (Å²) < 4.78 is 185. The lowest BCUT2D eigenvalue weighted by Crippen LogP contribution is -2.34. The molecule has 2 rings (SSSR count). The number of rotatable bonds is 4. The van der Waals surface area contributed by atoms with Gasteiger partial charge in [-0.3, -0.25) is 9.59 Å². The van der Waals surface area contributed by atoms with E-state index < -0.39 is 95.6 Å². The molecule has 2 amide bonds. The Hall–Kier alpha value is -3.49. The minimum absolute atomic E-state index is 0.0582. The van der Waals surface area contributed by atoms with Crippen molar-refractivity contribution in [3.63, 3.8) is 0 Å². The highest BCUT2D eigenvalue weighted by atomic mass is 32.2. The first-order valence-electron chi connectivity index (χ1n) is 9.91. The van der Waals surface area contributed by atoms with E-state index in [0.717, 1.165) is 7.05 Å². The second-order valence-electron chi connectivity index (χ2n) is 7.81. The summed E-state index contributed by atoms with van der Waals surface area (Å²) in [5, 5.41) is 0. The van der Waals surface area contributed by atoms with Gasteiger partial charge in [-0.25, -0.2) is 47.4 Å².